The number of aromatic amines is 1. The highest BCUT2D eigenvalue weighted by Gasteiger charge is 2.20. The molecule has 3 aromatic rings. The van der Waals surface area contributed by atoms with Crippen molar-refractivity contribution in [3.8, 4) is 0 Å². The van der Waals surface area contributed by atoms with Crippen LogP contribution in [0.25, 0.3) is 11.0 Å². The summed E-state index contributed by atoms with van der Waals surface area (Å²) in [4.78, 5) is 10.7. The van der Waals surface area contributed by atoms with Crippen LogP contribution < -0.4 is 10.2 Å². The number of nitrogens with one attached hydrogen (secondary N) is 2. The molecule has 1 fully saturated rings. The third kappa shape index (κ3) is 4.26. The van der Waals surface area contributed by atoms with Gasteiger partial charge >= 0.3 is 0 Å². The smallest absolute Gasteiger partial charge is 0.110 e. The van der Waals surface area contributed by atoms with Crippen molar-refractivity contribution in [3.05, 3.63) is 47.8 Å². The van der Waals surface area contributed by atoms with Crippen molar-refractivity contribution in [3.63, 3.8) is 0 Å². The Hall–Kier alpha value is -2.49. The molecule has 2 N–H and O–H groups in total. The van der Waals surface area contributed by atoms with Crippen LogP contribution in [0.5, 0.6) is 0 Å². The highest BCUT2D eigenvalue weighted by atomic mass is 15.1. The molecule has 2 aromatic carbocycles. The normalized spacial score (nSPS) is 15.6. The molecular weight excluding hydrogens is 356 g/mol. The standard InChI is InChI=1S/C25H34N4/c1-25(2,3)18-11-13-19(14-12-18)26-22-15-20-21(16-23(22)29(4)5)28-24(27-20)17-9-7-6-8-10-17/h11-17,26H,6-10H2,1-5H3,(H,27,28). The highest BCUT2D eigenvalue weighted by molar-refractivity contribution is 5.89. The minimum Gasteiger partial charge on any atom is -0.376 e. The second kappa shape index (κ2) is 7.74. The van der Waals surface area contributed by atoms with E-state index in [-0.39, 0.29) is 5.41 Å². The zero-order chi connectivity index (χ0) is 20.6. The molecule has 29 heavy (non-hydrogen) atoms. The average Bonchev–Trinajstić information content (AvgIpc) is 3.11. The molecule has 154 valence electrons. The molecule has 0 atom stereocenters. The van der Waals surface area contributed by atoms with Gasteiger partial charge < -0.3 is 15.2 Å². The van der Waals surface area contributed by atoms with Crippen LogP contribution in [0.4, 0.5) is 17.1 Å². The summed E-state index contributed by atoms with van der Waals surface area (Å²) in [6.07, 6.45) is 6.52. The van der Waals surface area contributed by atoms with Crippen LogP contribution in [0.15, 0.2) is 36.4 Å². The van der Waals surface area contributed by atoms with Gasteiger partial charge in [0.15, 0.2) is 0 Å². The molecule has 4 rings (SSSR count). The Bertz CT molecular complexity index is 970. The second-order valence-corrected chi connectivity index (χ2v) is 9.69. The molecule has 1 aromatic heterocycles. The van der Waals surface area contributed by atoms with E-state index < -0.39 is 0 Å². The number of benzene rings is 2. The van der Waals surface area contributed by atoms with Gasteiger partial charge in [0.1, 0.15) is 5.82 Å². The summed E-state index contributed by atoms with van der Waals surface area (Å²) in [6, 6.07) is 13.2. The lowest BCUT2D eigenvalue weighted by Crippen LogP contribution is -2.12. The largest absolute Gasteiger partial charge is 0.376 e. The fourth-order valence-electron chi connectivity index (χ4n) is 4.31. The van der Waals surface area contributed by atoms with Gasteiger partial charge in [-0.25, -0.2) is 4.98 Å². The molecule has 0 saturated heterocycles. The Morgan fingerprint density at radius 2 is 1.69 bits per heavy atom. The van der Waals surface area contributed by atoms with Crippen LogP contribution in [0.3, 0.4) is 0 Å². The molecule has 1 aliphatic rings. The average molecular weight is 391 g/mol. The van der Waals surface area contributed by atoms with Crippen LogP contribution in [-0.2, 0) is 5.41 Å². The van der Waals surface area contributed by atoms with Gasteiger partial charge in [-0.2, -0.15) is 0 Å². The lowest BCUT2D eigenvalue weighted by molar-refractivity contribution is 0.431. The van der Waals surface area contributed by atoms with Gasteiger partial charge in [0.25, 0.3) is 0 Å². The zero-order valence-electron chi connectivity index (χ0n) is 18.5. The second-order valence-electron chi connectivity index (χ2n) is 9.69. The van der Waals surface area contributed by atoms with Crippen molar-refractivity contribution in [1.82, 2.24) is 9.97 Å². The Kier molecular flexibility index (Phi) is 5.28. The topological polar surface area (TPSA) is 44.0 Å². The molecule has 0 bridgehead atoms. The highest BCUT2D eigenvalue weighted by Crippen LogP contribution is 2.36. The zero-order valence-corrected chi connectivity index (χ0v) is 18.5. The van der Waals surface area contributed by atoms with E-state index in [0.717, 1.165) is 33.9 Å². The molecule has 4 heteroatoms. The number of imidazole rings is 1. The molecule has 1 aliphatic carbocycles. The van der Waals surface area contributed by atoms with Gasteiger partial charge in [-0.1, -0.05) is 52.2 Å². The number of hydrogen-bond acceptors (Lipinski definition) is 3. The van der Waals surface area contributed by atoms with Crippen LogP contribution >= 0.6 is 0 Å². The monoisotopic (exact) mass is 390 g/mol. The van der Waals surface area contributed by atoms with E-state index in [9.17, 15) is 0 Å². The quantitative estimate of drug-likeness (QED) is 0.520. The van der Waals surface area contributed by atoms with Crippen molar-refractivity contribution in [2.24, 2.45) is 0 Å². The number of anilines is 3. The fraction of sp³-hybridized carbons (Fsp3) is 0.480. The van der Waals surface area contributed by atoms with E-state index in [1.165, 1.54) is 37.7 Å². The summed E-state index contributed by atoms with van der Waals surface area (Å²) in [7, 11) is 4.17. The third-order valence-corrected chi connectivity index (χ3v) is 6.12. The lowest BCUT2D eigenvalue weighted by Gasteiger charge is -2.21. The van der Waals surface area contributed by atoms with E-state index in [4.69, 9.17) is 4.98 Å². The predicted molar refractivity (Wildman–Crippen MR) is 125 cm³/mol. The summed E-state index contributed by atoms with van der Waals surface area (Å²) in [5, 5.41) is 3.62. The molecule has 0 radical (unpaired) electrons. The Labute approximate surface area is 174 Å². The van der Waals surface area contributed by atoms with Crippen LogP contribution in [-0.4, -0.2) is 24.1 Å². The summed E-state index contributed by atoms with van der Waals surface area (Å²) >= 11 is 0. The SMILES string of the molecule is CN(C)c1cc2nc(C3CCCCC3)[nH]c2cc1Nc1ccc(C(C)(C)C)cc1. The first-order chi connectivity index (χ1) is 13.8. The molecule has 0 aliphatic heterocycles. The van der Waals surface area contributed by atoms with Crippen molar-refractivity contribution < 1.29 is 0 Å². The number of rotatable bonds is 4. The van der Waals surface area contributed by atoms with Crippen LogP contribution in [0.2, 0.25) is 0 Å². The van der Waals surface area contributed by atoms with E-state index in [1.807, 2.05) is 0 Å². The van der Waals surface area contributed by atoms with E-state index >= 15 is 0 Å². The maximum absolute atomic E-state index is 4.96. The van der Waals surface area contributed by atoms with Crippen molar-refractivity contribution >= 4 is 28.1 Å². The van der Waals surface area contributed by atoms with Gasteiger partial charge in [-0.05, 0) is 48.1 Å². The summed E-state index contributed by atoms with van der Waals surface area (Å²) in [5.74, 6) is 1.75. The summed E-state index contributed by atoms with van der Waals surface area (Å²) < 4.78 is 0. The molecular formula is C25H34N4. The molecule has 1 saturated carbocycles. The number of nitrogens with zero attached hydrogens (tertiary/aromatic N) is 2. The minimum atomic E-state index is 0.164. The van der Waals surface area contributed by atoms with Crippen molar-refractivity contribution in [2.75, 3.05) is 24.3 Å². The number of hydrogen-bond donors (Lipinski definition) is 2. The maximum Gasteiger partial charge on any atom is 0.110 e. The van der Waals surface area contributed by atoms with Crippen LogP contribution in [0.1, 0.15) is 70.2 Å². The van der Waals surface area contributed by atoms with Crippen molar-refractivity contribution in [2.45, 2.75) is 64.2 Å². The number of aromatic nitrogens is 2. The van der Waals surface area contributed by atoms with Gasteiger partial charge in [-0.15, -0.1) is 0 Å². The molecule has 4 nitrogen and oxygen atoms in total. The first-order valence-electron chi connectivity index (χ1n) is 10.9. The van der Waals surface area contributed by atoms with E-state index in [1.54, 1.807) is 0 Å². The van der Waals surface area contributed by atoms with Gasteiger partial charge in [0.2, 0.25) is 0 Å². The molecule has 0 spiro atoms. The minimum absolute atomic E-state index is 0.164. The molecule has 0 unspecified atom stereocenters. The molecule has 1 heterocycles. The third-order valence-electron chi connectivity index (χ3n) is 6.12. The van der Waals surface area contributed by atoms with Crippen molar-refractivity contribution in [1.29, 1.82) is 0 Å². The Morgan fingerprint density at radius 3 is 2.31 bits per heavy atom. The Balaban J connectivity index is 1.66. The fourth-order valence-corrected chi connectivity index (χ4v) is 4.31. The lowest BCUT2D eigenvalue weighted by atomic mass is 9.87. The Morgan fingerprint density at radius 1 is 1.00 bits per heavy atom. The summed E-state index contributed by atoms with van der Waals surface area (Å²) in [5.41, 5.74) is 7.04. The number of fused-ring (bicyclic) bond motifs is 1. The molecule has 0 amide bonds. The first-order valence-corrected chi connectivity index (χ1v) is 10.9. The van der Waals surface area contributed by atoms with Crippen LogP contribution in [0, 0.1) is 0 Å². The van der Waals surface area contributed by atoms with E-state index in [0.29, 0.717) is 5.92 Å². The van der Waals surface area contributed by atoms with Gasteiger partial charge in [-0.3, -0.25) is 0 Å². The predicted octanol–water partition coefficient (Wildman–Crippen LogP) is 6.72. The van der Waals surface area contributed by atoms with Gasteiger partial charge in [0.05, 0.1) is 22.4 Å². The van der Waals surface area contributed by atoms with E-state index in [2.05, 4.69) is 86.5 Å². The van der Waals surface area contributed by atoms with Gasteiger partial charge in [0, 0.05) is 25.7 Å². The first kappa shape index (κ1) is 19.8. The summed E-state index contributed by atoms with van der Waals surface area (Å²) in [6.45, 7) is 6.74. The number of H-pyrrole nitrogens is 1. The maximum atomic E-state index is 4.96.